The molecule has 2 radical (unpaired) electrons. The fourth-order valence-electron chi connectivity index (χ4n) is 1.37. The van der Waals surface area contributed by atoms with Gasteiger partial charge in [-0.25, -0.2) is 13.4 Å². The third kappa shape index (κ3) is 6.90. The molecular weight excluding hydrogens is 443 g/mol. The number of hydrogen-bond acceptors (Lipinski definition) is 8. The molecule has 1 rings (SSSR count). The van der Waals surface area contributed by atoms with Gasteiger partial charge in [0.05, 0.1) is 12.6 Å². The van der Waals surface area contributed by atoms with E-state index in [9.17, 15) is 19.1 Å². The molecule has 0 aliphatic carbocycles. The molecule has 1 saturated heterocycles. The number of aliphatic hydroxyl groups excluding tert-OH is 1. The Morgan fingerprint density at radius 3 is 2.13 bits per heavy atom. The molecule has 0 aromatic heterocycles. The average Bonchev–Trinajstić information content (AvgIpc) is 2.45. The Hall–Kier alpha value is 1.39. The summed E-state index contributed by atoms with van der Waals surface area (Å²) in [6.07, 6.45) is -2.82. The fraction of sp³-hybridized carbons (Fsp3) is 1.00. The highest BCUT2D eigenvalue weighted by molar-refractivity contribution is 8.08. The van der Waals surface area contributed by atoms with Crippen LogP contribution in [0.2, 0.25) is 0 Å². The molecule has 23 heavy (non-hydrogen) atoms. The summed E-state index contributed by atoms with van der Waals surface area (Å²) in [5.41, 5.74) is 0. The maximum atomic E-state index is 11.3. The van der Waals surface area contributed by atoms with Crippen molar-refractivity contribution in [2.75, 3.05) is 6.61 Å². The quantitative estimate of drug-likeness (QED) is 0.197. The van der Waals surface area contributed by atoms with Gasteiger partial charge in [-0.15, -0.1) is 0 Å². The number of rotatable bonds is 7. The third-order valence-electron chi connectivity index (χ3n) is 2.27. The molecule has 0 saturated carbocycles. The Balaban J connectivity index is 2.65. The van der Waals surface area contributed by atoms with Gasteiger partial charge in [-0.3, -0.25) is 0 Å². The van der Waals surface area contributed by atoms with Crippen LogP contribution in [0.3, 0.4) is 0 Å². The van der Waals surface area contributed by atoms with E-state index in [0.717, 1.165) is 0 Å². The second-order valence-electron chi connectivity index (χ2n) is 4.10. The normalized spacial score (nSPS) is 33.1. The molecule has 1 aliphatic rings. The first kappa shape index (κ1) is 22.4. The lowest BCUT2D eigenvalue weighted by Gasteiger charge is -2.22. The van der Waals surface area contributed by atoms with Crippen LogP contribution < -0.4 is 0 Å². The van der Waals surface area contributed by atoms with Gasteiger partial charge in [-0.2, -0.15) is 4.31 Å². The standard InChI is InChI=1S/C5H10BCl2O11P3S/c6-4-5(7,8)3(9)2(17-4)1-16-22(15,23)19-21(13,14)18-20(10,11)12/h2-4,9H,1H2,(H,13,14)(H,15,23)(H2,10,11,12)/t2-,3-,4-,22?/m1/s1. The van der Waals surface area contributed by atoms with Crippen LogP contribution in [-0.4, -0.2) is 61.7 Å². The Kier molecular flexibility index (Phi) is 7.37. The minimum atomic E-state index is -5.42. The number of ether oxygens (including phenoxy) is 1. The van der Waals surface area contributed by atoms with Crippen molar-refractivity contribution in [2.24, 2.45) is 0 Å². The number of aliphatic hydroxyl groups is 1. The van der Waals surface area contributed by atoms with Gasteiger partial charge in [0.25, 0.3) is 0 Å². The maximum Gasteiger partial charge on any atom is 0.488 e. The zero-order valence-corrected chi connectivity index (χ0v) is 15.7. The van der Waals surface area contributed by atoms with Crippen molar-refractivity contribution in [2.45, 2.75) is 22.5 Å². The van der Waals surface area contributed by atoms with E-state index >= 15 is 0 Å². The topological polar surface area (TPSA) is 172 Å². The summed E-state index contributed by atoms with van der Waals surface area (Å²) in [5.74, 6) is 0. The Morgan fingerprint density at radius 1 is 1.22 bits per heavy atom. The van der Waals surface area contributed by atoms with Gasteiger partial charge < -0.3 is 33.9 Å². The van der Waals surface area contributed by atoms with Crippen molar-refractivity contribution < 1.29 is 51.7 Å². The average molecular weight is 453 g/mol. The van der Waals surface area contributed by atoms with Crippen molar-refractivity contribution in [3.63, 3.8) is 0 Å². The molecule has 18 heteroatoms. The van der Waals surface area contributed by atoms with Gasteiger partial charge in [0.2, 0.25) is 0 Å². The molecule has 0 aromatic rings. The summed E-state index contributed by atoms with van der Waals surface area (Å²) in [6.45, 7) is -5.22. The number of phosphoric acid groups is 2. The lowest BCUT2D eigenvalue weighted by molar-refractivity contribution is -0.000415. The Morgan fingerprint density at radius 2 is 1.74 bits per heavy atom. The Bertz CT molecular complexity index is 584. The zero-order chi connectivity index (χ0) is 18.3. The first-order chi connectivity index (χ1) is 10.1. The van der Waals surface area contributed by atoms with Crippen LogP contribution >= 0.6 is 45.6 Å². The van der Waals surface area contributed by atoms with Crippen LogP contribution in [0.5, 0.6) is 0 Å². The summed E-state index contributed by atoms with van der Waals surface area (Å²) < 4.78 is 36.9. The van der Waals surface area contributed by atoms with E-state index in [0.29, 0.717) is 0 Å². The highest BCUT2D eigenvalue weighted by Crippen LogP contribution is 2.66. The first-order valence-electron chi connectivity index (χ1n) is 5.31. The van der Waals surface area contributed by atoms with Gasteiger partial charge in [0, 0.05) is 0 Å². The van der Waals surface area contributed by atoms with Gasteiger partial charge in [0.1, 0.15) is 20.1 Å². The molecule has 0 spiro atoms. The number of alkyl halides is 2. The van der Waals surface area contributed by atoms with Gasteiger partial charge in [-0.1, -0.05) is 23.2 Å². The second kappa shape index (κ2) is 7.56. The number of hydrogen-bond donors (Lipinski definition) is 5. The molecular formula is C5H10BCl2O11P3S. The fourth-order valence-corrected chi connectivity index (χ4v) is 5.73. The molecule has 11 nitrogen and oxygen atoms in total. The molecule has 1 heterocycles. The van der Waals surface area contributed by atoms with Gasteiger partial charge in [-0.05, 0) is 11.8 Å². The summed E-state index contributed by atoms with van der Waals surface area (Å²) in [7, 11) is -5.42. The van der Waals surface area contributed by atoms with E-state index in [2.05, 4.69) is 25.0 Å². The monoisotopic (exact) mass is 452 g/mol. The Labute approximate surface area is 146 Å². The third-order valence-corrected chi connectivity index (χ3v) is 7.86. The second-order valence-corrected chi connectivity index (χ2v) is 11.3. The highest BCUT2D eigenvalue weighted by Gasteiger charge is 2.52. The van der Waals surface area contributed by atoms with Crippen molar-refractivity contribution in [3.05, 3.63) is 0 Å². The van der Waals surface area contributed by atoms with Gasteiger partial charge in [0.15, 0.2) is 4.33 Å². The van der Waals surface area contributed by atoms with E-state index < -0.39 is 51.5 Å². The van der Waals surface area contributed by atoms with Crippen molar-refractivity contribution >= 4 is 65.2 Å². The predicted octanol–water partition coefficient (Wildman–Crippen LogP) is -0.126. The largest absolute Gasteiger partial charge is 0.488 e. The zero-order valence-electron chi connectivity index (χ0n) is 10.7. The molecule has 0 amide bonds. The SMILES string of the molecule is [B][C@@H]1O[C@H](COP(O)(=S)OP(=O)(O)OP(=O)(O)O)[C@@H](O)C1(Cl)Cl. The molecule has 0 aromatic carbocycles. The van der Waals surface area contributed by atoms with Crippen molar-refractivity contribution in [1.82, 2.24) is 0 Å². The van der Waals surface area contributed by atoms with E-state index in [1.165, 1.54) is 0 Å². The van der Waals surface area contributed by atoms with E-state index in [-0.39, 0.29) is 0 Å². The highest BCUT2D eigenvalue weighted by atomic mass is 35.5. The predicted molar refractivity (Wildman–Crippen MR) is 81.4 cm³/mol. The lowest BCUT2D eigenvalue weighted by Crippen LogP contribution is -2.39. The van der Waals surface area contributed by atoms with Crippen LogP contribution in [0.4, 0.5) is 0 Å². The summed E-state index contributed by atoms with van der Waals surface area (Å²) in [6, 6.07) is -1.30. The summed E-state index contributed by atoms with van der Waals surface area (Å²) in [4.78, 5) is 35.4. The molecule has 134 valence electrons. The van der Waals surface area contributed by atoms with Crippen LogP contribution in [0.25, 0.3) is 0 Å². The molecule has 2 unspecified atom stereocenters. The molecule has 5 atom stereocenters. The summed E-state index contributed by atoms with van der Waals surface area (Å²) >= 11 is 15.8. The molecule has 0 bridgehead atoms. The lowest BCUT2D eigenvalue weighted by atomic mass is 9.95. The molecule has 5 N–H and O–H groups in total. The van der Waals surface area contributed by atoms with Crippen LogP contribution in [0.1, 0.15) is 0 Å². The minimum Gasteiger partial charge on any atom is -0.387 e. The van der Waals surface area contributed by atoms with Crippen molar-refractivity contribution in [1.29, 1.82) is 0 Å². The van der Waals surface area contributed by atoms with Gasteiger partial charge >= 0.3 is 22.4 Å². The first-order valence-corrected chi connectivity index (χ1v) is 11.7. The number of halogens is 2. The van der Waals surface area contributed by atoms with Crippen LogP contribution in [0, 0.1) is 0 Å². The smallest absolute Gasteiger partial charge is 0.387 e. The van der Waals surface area contributed by atoms with Crippen molar-refractivity contribution in [3.8, 4) is 0 Å². The van der Waals surface area contributed by atoms with Crippen LogP contribution in [0.15, 0.2) is 0 Å². The van der Waals surface area contributed by atoms with E-state index in [4.69, 9.17) is 50.5 Å². The minimum absolute atomic E-state index is 0.709. The summed E-state index contributed by atoms with van der Waals surface area (Å²) in [5, 5.41) is 9.74. The van der Waals surface area contributed by atoms with E-state index in [1.54, 1.807) is 0 Å². The molecule has 1 aliphatic heterocycles. The van der Waals surface area contributed by atoms with Crippen LogP contribution in [-0.2, 0) is 38.8 Å². The molecule has 1 fully saturated rings. The maximum absolute atomic E-state index is 11.3. The van der Waals surface area contributed by atoms with E-state index in [1.807, 2.05) is 0 Å².